The highest BCUT2D eigenvalue weighted by molar-refractivity contribution is 5.79. The number of carboxylic acids is 1. The smallest absolute Gasteiger partial charge is 0.323 e. The highest BCUT2D eigenvalue weighted by Gasteiger charge is 2.47. The minimum absolute atomic E-state index is 0.177. The maximum atomic E-state index is 11.7. The van der Waals surface area contributed by atoms with Gasteiger partial charge in [-0.05, 0) is 46.6 Å². The molecule has 1 aliphatic carbocycles. The minimum atomic E-state index is -0.765. The van der Waals surface area contributed by atoms with E-state index in [0.717, 1.165) is 13.0 Å². The van der Waals surface area contributed by atoms with Gasteiger partial charge in [0.2, 0.25) is 0 Å². The van der Waals surface area contributed by atoms with Gasteiger partial charge in [-0.3, -0.25) is 15.0 Å². The van der Waals surface area contributed by atoms with E-state index in [2.05, 4.69) is 24.1 Å². The first-order valence-corrected chi connectivity index (χ1v) is 7.62. The molecule has 0 heterocycles. The summed E-state index contributed by atoms with van der Waals surface area (Å²) in [6, 6.07) is 0.808. The van der Waals surface area contributed by atoms with E-state index >= 15 is 0 Å². The number of nitrogens with zero attached hydrogens (tertiary/aromatic N) is 1. The van der Waals surface area contributed by atoms with Crippen molar-refractivity contribution in [3.8, 4) is 0 Å². The van der Waals surface area contributed by atoms with Gasteiger partial charge in [-0.15, -0.1) is 0 Å². The van der Waals surface area contributed by atoms with Crippen molar-refractivity contribution in [3.05, 3.63) is 0 Å². The van der Waals surface area contributed by atoms with Gasteiger partial charge < -0.3 is 9.84 Å². The first-order chi connectivity index (χ1) is 9.36. The Morgan fingerprint density at radius 1 is 1.50 bits per heavy atom. The zero-order valence-electron chi connectivity index (χ0n) is 13.5. The zero-order valence-corrected chi connectivity index (χ0v) is 13.5. The maximum Gasteiger partial charge on any atom is 0.323 e. The molecule has 1 rings (SSSR count). The van der Waals surface area contributed by atoms with Crippen molar-refractivity contribution < 1.29 is 14.6 Å². The number of hydrogen-bond acceptors (Lipinski definition) is 4. The van der Waals surface area contributed by atoms with Gasteiger partial charge in [0, 0.05) is 25.2 Å². The Kier molecular flexibility index (Phi) is 6.43. The van der Waals surface area contributed by atoms with Crippen LogP contribution in [0.5, 0.6) is 0 Å². The minimum Gasteiger partial charge on any atom is -0.480 e. The summed E-state index contributed by atoms with van der Waals surface area (Å²) in [5.74, 6) is -0.718. The van der Waals surface area contributed by atoms with Gasteiger partial charge in [-0.25, -0.2) is 0 Å². The lowest BCUT2D eigenvalue weighted by molar-refractivity contribution is -0.145. The van der Waals surface area contributed by atoms with E-state index < -0.39 is 11.5 Å². The Hall–Kier alpha value is -0.650. The van der Waals surface area contributed by atoms with Crippen molar-refractivity contribution in [1.29, 1.82) is 0 Å². The van der Waals surface area contributed by atoms with Crippen LogP contribution in [0, 0.1) is 0 Å². The average Bonchev–Trinajstić information content (AvgIpc) is 2.75. The van der Waals surface area contributed by atoms with Gasteiger partial charge in [0.05, 0.1) is 6.61 Å². The van der Waals surface area contributed by atoms with Crippen molar-refractivity contribution in [2.24, 2.45) is 0 Å². The van der Waals surface area contributed by atoms with Crippen molar-refractivity contribution in [3.63, 3.8) is 0 Å². The molecular weight excluding hydrogens is 256 g/mol. The number of likely N-dealkylation sites (N-methyl/N-ethyl adjacent to an activating group) is 1. The maximum absolute atomic E-state index is 11.7. The Balaban J connectivity index is 2.78. The number of hydrogen-bond donors (Lipinski definition) is 2. The van der Waals surface area contributed by atoms with E-state index in [1.54, 1.807) is 7.11 Å². The molecule has 0 bridgehead atoms. The van der Waals surface area contributed by atoms with Crippen molar-refractivity contribution in [2.45, 2.75) is 70.6 Å². The first-order valence-electron chi connectivity index (χ1n) is 7.62. The predicted molar refractivity (Wildman–Crippen MR) is 80.0 cm³/mol. The average molecular weight is 286 g/mol. The summed E-state index contributed by atoms with van der Waals surface area (Å²) in [6.45, 7) is 9.88. The van der Waals surface area contributed by atoms with Crippen LogP contribution in [0.3, 0.4) is 0 Å². The molecule has 2 N–H and O–H groups in total. The Morgan fingerprint density at radius 2 is 2.15 bits per heavy atom. The van der Waals surface area contributed by atoms with Crippen LogP contribution in [0.4, 0.5) is 0 Å². The van der Waals surface area contributed by atoms with Gasteiger partial charge in [-0.2, -0.15) is 0 Å². The molecule has 1 fully saturated rings. The molecule has 5 nitrogen and oxygen atoms in total. The summed E-state index contributed by atoms with van der Waals surface area (Å²) in [4.78, 5) is 14.1. The van der Waals surface area contributed by atoms with Gasteiger partial charge in [-0.1, -0.05) is 6.92 Å². The second-order valence-corrected chi connectivity index (χ2v) is 6.22. The molecule has 0 spiro atoms. The van der Waals surface area contributed by atoms with Gasteiger partial charge >= 0.3 is 5.97 Å². The second kappa shape index (κ2) is 7.38. The first kappa shape index (κ1) is 17.4. The highest BCUT2D eigenvalue weighted by atomic mass is 16.5. The Bertz CT molecular complexity index is 322. The third-order valence-electron chi connectivity index (χ3n) is 4.27. The lowest BCUT2D eigenvalue weighted by Gasteiger charge is -2.35. The van der Waals surface area contributed by atoms with E-state index in [9.17, 15) is 9.90 Å². The van der Waals surface area contributed by atoms with Crippen LogP contribution < -0.4 is 5.32 Å². The molecular formula is C15H30N2O3. The second-order valence-electron chi connectivity index (χ2n) is 6.22. The van der Waals surface area contributed by atoms with Gasteiger partial charge in [0.25, 0.3) is 0 Å². The number of ether oxygens (including phenoxy) is 1. The molecule has 1 aliphatic rings. The number of nitrogens with one attached hydrogen (secondary N) is 1. The molecule has 3 atom stereocenters. The van der Waals surface area contributed by atoms with Gasteiger partial charge in [0.1, 0.15) is 5.54 Å². The molecule has 0 aromatic rings. The van der Waals surface area contributed by atoms with Crippen LogP contribution in [0.25, 0.3) is 0 Å². The fourth-order valence-corrected chi connectivity index (χ4v) is 3.51. The summed E-state index contributed by atoms with van der Waals surface area (Å²) in [6.07, 6.45) is 2.29. The molecule has 0 radical (unpaired) electrons. The fraction of sp³-hybridized carbons (Fsp3) is 0.933. The lowest BCUT2D eigenvalue weighted by atomic mass is 9.96. The van der Waals surface area contributed by atoms with Crippen molar-refractivity contribution >= 4 is 5.97 Å². The van der Waals surface area contributed by atoms with E-state index in [0.29, 0.717) is 31.5 Å². The van der Waals surface area contributed by atoms with Crippen LogP contribution in [-0.4, -0.2) is 59.9 Å². The number of rotatable bonds is 8. The van der Waals surface area contributed by atoms with E-state index in [4.69, 9.17) is 4.74 Å². The fourth-order valence-electron chi connectivity index (χ4n) is 3.51. The molecule has 0 aliphatic heterocycles. The standard InChI is InChI=1S/C15H30N2O3/c1-6-17(12(4)10-20-5)13-7-8-15(9-13,14(18)19)16-11(2)3/h11-13,16H,6-10H2,1-5H3,(H,18,19). The summed E-state index contributed by atoms with van der Waals surface area (Å²) in [5.41, 5.74) is -0.765. The predicted octanol–water partition coefficient (Wildman–Crippen LogP) is 1.72. The highest BCUT2D eigenvalue weighted by Crippen LogP contribution is 2.34. The molecule has 0 amide bonds. The van der Waals surface area contributed by atoms with Gasteiger partial charge in [0.15, 0.2) is 0 Å². The molecule has 0 aromatic carbocycles. The molecule has 1 saturated carbocycles. The summed E-state index contributed by atoms with van der Waals surface area (Å²) in [7, 11) is 1.71. The molecule has 3 unspecified atom stereocenters. The topological polar surface area (TPSA) is 61.8 Å². The third-order valence-corrected chi connectivity index (χ3v) is 4.27. The molecule has 118 valence electrons. The van der Waals surface area contributed by atoms with E-state index in [1.807, 2.05) is 13.8 Å². The summed E-state index contributed by atoms with van der Waals surface area (Å²) in [5, 5.41) is 12.9. The van der Waals surface area contributed by atoms with Crippen LogP contribution in [-0.2, 0) is 9.53 Å². The SMILES string of the molecule is CCN(C(C)COC)C1CCC(NC(C)C)(C(=O)O)C1. The molecule has 0 saturated heterocycles. The number of aliphatic carboxylic acids is 1. The summed E-state index contributed by atoms with van der Waals surface area (Å²) < 4.78 is 5.24. The van der Waals surface area contributed by atoms with Crippen LogP contribution in [0.1, 0.15) is 47.0 Å². The molecule has 0 aromatic heterocycles. The Morgan fingerprint density at radius 3 is 2.60 bits per heavy atom. The van der Waals surface area contributed by atoms with Crippen molar-refractivity contribution in [1.82, 2.24) is 10.2 Å². The molecule has 5 heteroatoms. The van der Waals surface area contributed by atoms with E-state index in [-0.39, 0.29) is 6.04 Å². The summed E-state index contributed by atoms with van der Waals surface area (Å²) >= 11 is 0. The zero-order chi connectivity index (χ0) is 15.3. The Labute approximate surface area is 122 Å². The normalized spacial score (nSPS) is 28.2. The molecule has 20 heavy (non-hydrogen) atoms. The lowest BCUT2D eigenvalue weighted by Crippen LogP contribution is -2.54. The third kappa shape index (κ3) is 3.93. The van der Waals surface area contributed by atoms with Crippen LogP contribution in [0.2, 0.25) is 0 Å². The van der Waals surface area contributed by atoms with Crippen molar-refractivity contribution in [2.75, 3.05) is 20.3 Å². The number of carboxylic acid groups (broad SMARTS) is 1. The number of carbonyl (C=O) groups is 1. The van der Waals surface area contributed by atoms with Crippen LogP contribution >= 0.6 is 0 Å². The van der Waals surface area contributed by atoms with E-state index in [1.165, 1.54) is 0 Å². The van der Waals surface area contributed by atoms with Crippen LogP contribution in [0.15, 0.2) is 0 Å². The quantitative estimate of drug-likeness (QED) is 0.711. The largest absolute Gasteiger partial charge is 0.480 e. The number of methoxy groups -OCH3 is 1. The monoisotopic (exact) mass is 286 g/mol.